The number of alkyl halides is 3. The minimum atomic E-state index is -4.69. The first-order valence-corrected chi connectivity index (χ1v) is 12.7. The quantitative estimate of drug-likeness (QED) is 0.429. The molecule has 1 amide bonds. The molecule has 0 aliphatic carbocycles. The molecule has 11 nitrogen and oxygen atoms in total. The number of aliphatic carboxylic acids is 1. The molecule has 14 heteroatoms. The van der Waals surface area contributed by atoms with E-state index in [1.165, 1.54) is 48.2 Å². The van der Waals surface area contributed by atoms with Crippen LogP contribution in [0.3, 0.4) is 0 Å². The molecule has 0 bridgehead atoms. The second kappa shape index (κ2) is 11.5. The average molecular weight is 584 g/mol. The van der Waals surface area contributed by atoms with Crippen LogP contribution in [0.5, 0.6) is 0 Å². The zero-order valence-electron chi connectivity index (χ0n) is 23.3. The molecule has 2 heterocycles. The summed E-state index contributed by atoms with van der Waals surface area (Å²) in [5.74, 6) is -2.03. The lowest BCUT2D eigenvalue weighted by molar-refractivity contribution is -0.137. The molecule has 1 aliphatic heterocycles. The molecule has 0 fully saturated rings. The van der Waals surface area contributed by atoms with Crippen LogP contribution in [0.1, 0.15) is 29.7 Å². The van der Waals surface area contributed by atoms with Crippen LogP contribution in [0, 0.1) is 11.3 Å². The number of carboxylic acids is 1. The smallest absolute Gasteiger partial charge is 0.416 e. The van der Waals surface area contributed by atoms with Crippen molar-refractivity contribution in [3.8, 4) is 6.07 Å². The van der Waals surface area contributed by atoms with Crippen LogP contribution in [0.25, 0.3) is 0 Å². The number of anilines is 2. The fraction of sp³-hybridized carbons (Fsp3) is 0.321. The molecule has 1 aromatic heterocycles. The molecular formula is C28H28F3N7O4. The minimum absolute atomic E-state index is 0.0234. The number of nitriles is 1. The number of carboxylic acid groups (broad SMARTS) is 1. The fourth-order valence-electron chi connectivity index (χ4n) is 4.67. The largest absolute Gasteiger partial charge is 0.478 e. The molecule has 1 atom stereocenters. The zero-order valence-corrected chi connectivity index (χ0v) is 23.3. The molecule has 42 heavy (non-hydrogen) atoms. The number of carbonyl (C=O) groups excluding carboxylic acids is 1. The number of hydrogen-bond donors (Lipinski definition) is 1. The lowest BCUT2D eigenvalue weighted by atomic mass is 9.94. The van der Waals surface area contributed by atoms with E-state index in [1.54, 1.807) is 7.05 Å². The number of hydrogen-bond acceptors (Lipinski definition) is 7. The van der Waals surface area contributed by atoms with E-state index in [-0.39, 0.29) is 22.9 Å². The molecular weight excluding hydrogens is 555 g/mol. The predicted molar refractivity (Wildman–Crippen MR) is 146 cm³/mol. The summed E-state index contributed by atoms with van der Waals surface area (Å²) in [5.41, 5.74) is -1.54. The third kappa shape index (κ3) is 5.77. The van der Waals surface area contributed by atoms with Crippen LogP contribution in [-0.2, 0) is 22.3 Å². The summed E-state index contributed by atoms with van der Waals surface area (Å²) in [6.45, 7) is 1.85. The lowest BCUT2D eigenvalue weighted by Gasteiger charge is -2.35. The van der Waals surface area contributed by atoms with Gasteiger partial charge < -0.3 is 14.9 Å². The number of likely N-dealkylation sites (N-methyl/N-ethyl adjacent to an activating group) is 2. The summed E-state index contributed by atoms with van der Waals surface area (Å²) in [6.07, 6.45) is -4.69. The van der Waals surface area contributed by atoms with Crippen LogP contribution >= 0.6 is 0 Å². The Hall–Kier alpha value is -4.90. The number of allylic oxidation sites excluding steroid dienone is 1. The number of nitrogens with zero attached hydrogens (tertiary/aromatic N) is 7. The molecule has 4 rings (SSSR count). The number of amides is 1. The lowest BCUT2D eigenvalue weighted by Crippen LogP contribution is -2.40. The van der Waals surface area contributed by atoms with Gasteiger partial charge in [0, 0.05) is 31.5 Å². The van der Waals surface area contributed by atoms with Crippen molar-refractivity contribution in [2.75, 3.05) is 39.1 Å². The van der Waals surface area contributed by atoms with Gasteiger partial charge in [-0.1, -0.05) is 18.2 Å². The molecule has 2 aromatic carbocycles. The molecule has 0 saturated carbocycles. The normalized spacial score (nSPS) is 15.0. The van der Waals surface area contributed by atoms with Crippen LogP contribution in [-0.4, -0.2) is 75.4 Å². The van der Waals surface area contributed by atoms with Gasteiger partial charge in [0.15, 0.2) is 0 Å². The van der Waals surface area contributed by atoms with Crippen molar-refractivity contribution >= 4 is 23.5 Å². The Bertz CT molecular complexity index is 1650. The highest BCUT2D eigenvalue weighted by atomic mass is 19.4. The van der Waals surface area contributed by atoms with E-state index in [4.69, 9.17) is 0 Å². The standard InChI is InChI=1S/C28H28F3N7O4/c1-17-23(25(40)41)24(19-10-8-18(15-32)9-11-19)38-26(37(17)21-7-5-6-20(14-21)28(29,30)31)33-36(27(38)42)16-22(39)35(4)13-12-34(2)3/h5-11,14,24H,12-13,16H2,1-4H3,(H,40,41). The Morgan fingerprint density at radius 3 is 2.33 bits per heavy atom. The van der Waals surface area contributed by atoms with Gasteiger partial charge in [-0.2, -0.15) is 18.4 Å². The molecule has 220 valence electrons. The van der Waals surface area contributed by atoms with Crippen molar-refractivity contribution < 1.29 is 27.9 Å². The van der Waals surface area contributed by atoms with Gasteiger partial charge in [0.25, 0.3) is 0 Å². The molecule has 1 N–H and O–H groups in total. The monoisotopic (exact) mass is 583 g/mol. The first-order chi connectivity index (χ1) is 19.7. The number of halogens is 3. The maximum Gasteiger partial charge on any atom is 0.416 e. The van der Waals surface area contributed by atoms with Crippen molar-refractivity contribution in [3.05, 3.63) is 87.0 Å². The maximum atomic E-state index is 13.8. The van der Waals surface area contributed by atoms with E-state index in [0.29, 0.717) is 24.2 Å². The molecule has 0 saturated heterocycles. The highest BCUT2D eigenvalue weighted by Gasteiger charge is 2.40. The third-order valence-corrected chi connectivity index (χ3v) is 6.92. The Labute approximate surface area is 238 Å². The summed E-state index contributed by atoms with van der Waals surface area (Å²) < 4.78 is 42.8. The zero-order chi connectivity index (χ0) is 30.9. The average Bonchev–Trinajstić information content (AvgIpc) is 3.25. The van der Waals surface area contributed by atoms with E-state index in [0.717, 1.165) is 26.3 Å². The number of aromatic nitrogens is 3. The van der Waals surface area contributed by atoms with Gasteiger partial charge in [0.1, 0.15) is 12.6 Å². The maximum absolute atomic E-state index is 13.8. The Balaban J connectivity index is 1.93. The first kappa shape index (κ1) is 30.1. The number of benzene rings is 2. The van der Waals surface area contributed by atoms with Crippen molar-refractivity contribution in [1.29, 1.82) is 5.26 Å². The number of carbonyl (C=O) groups is 2. The SMILES string of the molecule is CC1=C(C(=O)O)C(c2ccc(C#N)cc2)n2c(nn(CC(=O)N(C)CCN(C)C)c2=O)N1c1cccc(C(F)(F)F)c1. The number of fused-ring (bicyclic) bond motifs is 1. The Morgan fingerprint density at radius 1 is 1.10 bits per heavy atom. The van der Waals surface area contributed by atoms with Crippen molar-refractivity contribution in [3.63, 3.8) is 0 Å². The fourth-order valence-corrected chi connectivity index (χ4v) is 4.67. The number of rotatable bonds is 8. The van der Waals surface area contributed by atoms with E-state index >= 15 is 0 Å². The molecule has 0 radical (unpaired) electrons. The second-order valence-corrected chi connectivity index (χ2v) is 10.1. The summed E-state index contributed by atoms with van der Waals surface area (Å²) in [5, 5.41) is 23.9. The van der Waals surface area contributed by atoms with E-state index in [9.17, 15) is 37.9 Å². The van der Waals surface area contributed by atoms with Gasteiger partial charge in [0.05, 0.1) is 22.8 Å². The van der Waals surface area contributed by atoms with E-state index < -0.39 is 41.9 Å². The summed E-state index contributed by atoms with van der Waals surface area (Å²) in [4.78, 5) is 43.9. The third-order valence-electron chi connectivity index (χ3n) is 6.92. The van der Waals surface area contributed by atoms with E-state index in [2.05, 4.69) is 5.10 Å². The van der Waals surface area contributed by atoms with Gasteiger partial charge >= 0.3 is 17.8 Å². The Kier molecular flexibility index (Phi) is 8.26. The molecule has 3 aromatic rings. The van der Waals surface area contributed by atoms with E-state index in [1.807, 2.05) is 25.1 Å². The Morgan fingerprint density at radius 2 is 1.76 bits per heavy atom. The highest BCUT2D eigenvalue weighted by molar-refractivity contribution is 5.92. The van der Waals surface area contributed by atoms with Crippen molar-refractivity contribution in [1.82, 2.24) is 24.1 Å². The van der Waals surface area contributed by atoms with Crippen LogP contribution in [0.2, 0.25) is 0 Å². The summed E-state index contributed by atoms with van der Waals surface area (Å²) >= 11 is 0. The van der Waals surface area contributed by atoms with Crippen LogP contribution < -0.4 is 10.6 Å². The molecule has 1 aliphatic rings. The molecule has 1 unspecified atom stereocenters. The van der Waals surface area contributed by atoms with Gasteiger partial charge in [0.2, 0.25) is 11.9 Å². The summed E-state index contributed by atoms with van der Waals surface area (Å²) in [6, 6.07) is 10.8. The van der Waals surface area contributed by atoms with Gasteiger partial charge in [-0.15, -0.1) is 5.10 Å². The minimum Gasteiger partial charge on any atom is -0.478 e. The topological polar surface area (TPSA) is 128 Å². The second-order valence-electron chi connectivity index (χ2n) is 10.1. The van der Waals surface area contributed by atoms with Gasteiger partial charge in [-0.25, -0.2) is 18.8 Å². The molecule has 0 spiro atoms. The van der Waals surface area contributed by atoms with Crippen molar-refractivity contribution in [2.45, 2.75) is 25.7 Å². The highest BCUT2D eigenvalue weighted by Crippen LogP contribution is 2.42. The first-order valence-electron chi connectivity index (χ1n) is 12.7. The predicted octanol–water partition coefficient (Wildman–Crippen LogP) is 3.05. The van der Waals surface area contributed by atoms with Crippen molar-refractivity contribution in [2.24, 2.45) is 0 Å². The van der Waals surface area contributed by atoms with Crippen LogP contribution in [0.4, 0.5) is 24.8 Å². The van der Waals surface area contributed by atoms with Gasteiger partial charge in [-0.05, 0) is 56.9 Å². The van der Waals surface area contributed by atoms with Gasteiger partial charge in [-0.3, -0.25) is 9.69 Å². The van der Waals surface area contributed by atoms with Crippen LogP contribution in [0.15, 0.2) is 64.6 Å². The summed E-state index contributed by atoms with van der Waals surface area (Å²) in [7, 11) is 5.25.